The summed E-state index contributed by atoms with van der Waals surface area (Å²) in [7, 11) is 2.05. The van der Waals surface area contributed by atoms with E-state index >= 15 is 0 Å². The SMILES string of the molecule is CNCC1CCN(c2ccc(C)cc2)C1(C)C. The molecule has 1 unspecified atom stereocenters. The normalized spacial score (nSPS) is 23.1. The Morgan fingerprint density at radius 2 is 1.94 bits per heavy atom. The van der Waals surface area contributed by atoms with Crippen molar-refractivity contribution in [3.63, 3.8) is 0 Å². The van der Waals surface area contributed by atoms with Gasteiger partial charge in [-0.05, 0) is 58.8 Å². The minimum Gasteiger partial charge on any atom is -0.366 e. The maximum atomic E-state index is 3.32. The Morgan fingerprint density at radius 3 is 2.53 bits per heavy atom. The molecule has 1 fully saturated rings. The van der Waals surface area contributed by atoms with Crippen LogP contribution >= 0.6 is 0 Å². The molecule has 1 aliphatic rings. The lowest BCUT2D eigenvalue weighted by Gasteiger charge is -2.38. The second kappa shape index (κ2) is 4.69. The molecule has 1 N–H and O–H groups in total. The fraction of sp³-hybridized carbons (Fsp3) is 0.600. The minimum absolute atomic E-state index is 0.248. The van der Waals surface area contributed by atoms with Gasteiger partial charge in [0.15, 0.2) is 0 Å². The van der Waals surface area contributed by atoms with Crippen LogP contribution in [0, 0.1) is 12.8 Å². The molecule has 1 aromatic rings. The van der Waals surface area contributed by atoms with Gasteiger partial charge in [0.05, 0.1) is 0 Å². The van der Waals surface area contributed by atoms with Crippen LogP contribution in [0.2, 0.25) is 0 Å². The van der Waals surface area contributed by atoms with Crippen molar-refractivity contribution in [2.24, 2.45) is 5.92 Å². The molecule has 1 atom stereocenters. The van der Waals surface area contributed by atoms with E-state index in [4.69, 9.17) is 0 Å². The van der Waals surface area contributed by atoms with Crippen LogP contribution in [-0.2, 0) is 0 Å². The van der Waals surface area contributed by atoms with E-state index < -0.39 is 0 Å². The van der Waals surface area contributed by atoms with E-state index in [-0.39, 0.29) is 5.54 Å². The standard InChI is InChI=1S/C15H24N2/c1-12-5-7-14(8-6-12)17-10-9-13(11-16-4)15(17,2)3/h5-8,13,16H,9-11H2,1-4H3. The quantitative estimate of drug-likeness (QED) is 0.862. The topological polar surface area (TPSA) is 15.3 Å². The van der Waals surface area contributed by atoms with Crippen molar-refractivity contribution in [2.75, 3.05) is 25.0 Å². The molecule has 0 aromatic heterocycles. The van der Waals surface area contributed by atoms with E-state index in [0.717, 1.165) is 12.5 Å². The summed E-state index contributed by atoms with van der Waals surface area (Å²) >= 11 is 0. The predicted molar refractivity (Wildman–Crippen MR) is 74.6 cm³/mol. The van der Waals surface area contributed by atoms with E-state index in [1.165, 1.54) is 24.2 Å². The van der Waals surface area contributed by atoms with Gasteiger partial charge in [0, 0.05) is 17.8 Å². The van der Waals surface area contributed by atoms with Crippen molar-refractivity contribution in [1.29, 1.82) is 0 Å². The highest BCUT2D eigenvalue weighted by atomic mass is 15.2. The van der Waals surface area contributed by atoms with E-state index in [1.807, 2.05) is 7.05 Å². The van der Waals surface area contributed by atoms with Crippen molar-refractivity contribution in [2.45, 2.75) is 32.7 Å². The molecule has 1 aromatic carbocycles. The Kier molecular flexibility index (Phi) is 3.43. The first-order valence-corrected chi connectivity index (χ1v) is 6.54. The zero-order valence-corrected chi connectivity index (χ0v) is 11.5. The van der Waals surface area contributed by atoms with Gasteiger partial charge >= 0.3 is 0 Å². The zero-order valence-electron chi connectivity index (χ0n) is 11.5. The van der Waals surface area contributed by atoms with Gasteiger partial charge in [-0.15, -0.1) is 0 Å². The number of rotatable bonds is 3. The molecule has 1 heterocycles. The Balaban J connectivity index is 2.20. The predicted octanol–water partition coefficient (Wildman–Crippen LogP) is 2.82. The van der Waals surface area contributed by atoms with Gasteiger partial charge in [0.25, 0.3) is 0 Å². The first kappa shape index (κ1) is 12.4. The van der Waals surface area contributed by atoms with Gasteiger partial charge in [-0.1, -0.05) is 17.7 Å². The average molecular weight is 232 g/mol. The molecule has 1 saturated heterocycles. The van der Waals surface area contributed by atoms with E-state index in [1.54, 1.807) is 0 Å². The number of nitrogens with one attached hydrogen (secondary N) is 1. The summed E-state index contributed by atoms with van der Waals surface area (Å²) < 4.78 is 0. The van der Waals surface area contributed by atoms with Gasteiger partial charge in [-0.3, -0.25) is 0 Å². The summed E-state index contributed by atoms with van der Waals surface area (Å²) in [6.45, 7) is 9.14. The minimum atomic E-state index is 0.248. The summed E-state index contributed by atoms with van der Waals surface area (Å²) in [5.41, 5.74) is 2.94. The largest absolute Gasteiger partial charge is 0.366 e. The van der Waals surface area contributed by atoms with Crippen LogP contribution in [0.25, 0.3) is 0 Å². The molecular weight excluding hydrogens is 208 g/mol. The second-order valence-electron chi connectivity index (χ2n) is 5.68. The number of hydrogen-bond donors (Lipinski definition) is 1. The molecule has 2 heteroatoms. The van der Waals surface area contributed by atoms with Crippen LogP contribution in [0.1, 0.15) is 25.8 Å². The zero-order chi connectivity index (χ0) is 12.5. The van der Waals surface area contributed by atoms with Crippen LogP contribution < -0.4 is 10.2 Å². The Bertz CT molecular complexity index is 367. The summed E-state index contributed by atoms with van der Waals surface area (Å²) in [5, 5.41) is 3.32. The molecule has 17 heavy (non-hydrogen) atoms. The summed E-state index contributed by atoms with van der Waals surface area (Å²) in [5.74, 6) is 0.730. The third kappa shape index (κ3) is 2.32. The molecule has 0 spiro atoms. The molecule has 0 amide bonds. The second-order valence-corrected chi connectivity index (χ2v) is 5.68. The first-order valence-electron chi connectivity index (χ1n) is 6.54. The molecule has 0 bridgehead atoms. The fourth-order valence-electron chi connectivity index (χ4n) is 2.93. The smallest absolute Gasteiger partial charge is 0.0386 e. The van der Waals surface area contributed by atoms with Gasteiger partial charge in [0.1, 0.15) is 0 Å². The Morgan fingerprint density at radius 1 is 1.29 bits per heavy atom. The van der Waals surface area contributed by atoms with Crippen LogP contribution in [0.15, 0.2) is 24.3 Å². The van der Waals surface area contributed by atoms with Crippen LogP contribution in [0.3, 0.4) is 0 Å². The van der Waals surface area contributed by atoms with Crippen molar-refractivity contribution in [3.05, 3.63) is 29.8 Å². The van der Waals surface area contributed by atoms with Gasteiger partial charge < -0.3 is 10.2 Å². The lowest BCUT2D eigenvalue weighted by molar-refractivity contribution is 0.356. The van der Waals surface area contributed by atoms with E-state index in [9.17, 15) is 0 Å². The summed E-state index contributed by atoms with van der Waals surface area (Å²) in [4.78, 5) is 2.55. The molecule has 94 valence electrons. The van der Waals surface area contributed by atoms with Crippen LogP contribution in [0.5, 0.6) is 0 Å². The lowest BCUT2D eigenvalue weighted by Crippen LogP contribution is -2.45. The molecule has 0 aliphatic carbocycles. The Hall–Kier alpha value is -1.02. The third-order valence-electron chi connectivity index (χ3n) is 4.19. The Labute approximate surface area is 105 Å². The average Bonchev–Trinajstić information content (AvgIpc) is 2.57. The van der Waals surface area contributed by atoms with Gasteiger partial charge in [-0.25, -0.2) is 0 Å². The van der Waals surface area contributed by atoms with Crippen molar-refractivity contribution in [1.82, 2.24) is 5.32 Å². The van der Waals surface area contributed by atoms with Crippen LogP contribution in [0.4, 0.5) is 5.69 Å². The van der Waals surface area contributed by atoms with Gasteiger partial charge in [0.2, 0.25) is 0 Å². The number of nitrogens with zero attached hydrogens (tertiary/aromatic N) is 1. The summed E-state index contributed by atoms with van der Waals surface area (Å²) in [6.07, 6.45) is 1.28. The highest BCUT2D eigenvalue weighted by molar-refractivity contribution is 5.51. The lowest BCUT2D eigenvalue weighted by atomic mass is 9.88. The fourth-order valence-corrected chi connectivity index (χ4v) is 2.93. The van der Waals surface area contributed by atoms with Crippen molar-refractivity contribution in [3.8, 4) is 0 Å². The first-order chi connectivity index (χ1) is 8.05. The number of anilines is 1. The summed E-state index contributed by atoms with van der Waals surface area (Å²) in [6, 6.07) is 8.91. The van der Waals surface area contributed by atoms with Crippen LogP contribution in [-0.4, -0.2) is 25.7 Å². The third-order valence-corrected chi connectivity index (χ3v) is 4.19. The maximum absolute atomic E-state index is 3.32. The highest BCUT2D eigenvalue weighted by Gasteiger charge is 2.40. The van der Waals surface area contributed by atoms with Gasteiger partial charge in [-0.2, -0.15) is 0 Å². The molecule has 2 nitrogen and oxygen atoms in total. The van der Waals surface area contributed by atoms with E-state index in [0.29, 0.717) is 0 Å². The van der Waals surface area contributed by atoms with E-state index in [2.05, 4.69) is 55.3 Å². The van der Waals surface area contributed by atoms with Crippen molar-refractivity contribution < 1.29 is 0 Å². The number of hydrogen-bond acceptors (Lipinski definition) is 2. The van der Waals surface area contributed by atoms with Crippen molar-refractivity contribution >= 4 is 5.69 Å². The molecule has 2 rings (SSSR count). The molecule has 1 aliphatic heterocycles. The molecule has 0 saturated carbocycles. The maximum Gasteiger partial charge on any atom is 0.0386 e. The number of benzene rings is 1. The number of aryl methyl sites for hydroxylation is 1. The molecular formula is C15H24N2. The molecule has 0 radical (unpaired) electrons. The monoisotopic (exact) mass is 232 g/mol. The highest BCUT2D eigenvalue weighted by Crippen LogP contribution is 2.37.